The zero-order valence-corrected chi connectivity index (χ0v) is 24.5. The first-order chi connectivity index (χ1) is 20.7. The summed E-state index contributed by atoms with van der Waals surface area (Å²) in [6, 6.07) is 23.6. The molecule has 0 atom stereocenters. The molecule has 1 fully saturated rings. The molecule has 43 heavy (non-hydrogen) atoms. The van der Waals surface area contributed by atoms with E-state index in [9.17, 15) is 24.5 Å². The molecule has 216 valence electrons. The lowest BCUT2D eigenvalue weighted by molar-refractivity contribution is -0.384. The van der Waals surface area contributed by atoms with E-state index in [-0.39, 0.29) is 23.6 Å². The number of ether oxygens (including phenoxy) is 2. The highest BCUT2D eigenvalue weighted by atomic mass is 79.9. The number of rotatable bonds is 9. The molecule has 0 spiro atoms. The number of urea groups is 1. The number of imide groups is 2. The maximum atomic E-state index is 13.5. The first kappa shape index (κ1) is 29.5. The van der Waals surface area contributed by atoms with Crippen LogP contribution in [0.3, 0.4) is 0 Å². The second-order valence-electron chi connectivity index (χ2n) is 9.26. The van der Waals surface area contributed by atoms with Crippen LogP contribution in [0.1, 0.15) is 16.7 Å². The summed E-state index contributed by atoms with van der Waals surface area (Å²) < 4.78 is 12.3. The van der Waals surface area contributed by atoms with Crippen LogP contribution in [0.5, 0.6) is 11.5 Å². The van der Waals surface area contributed by atoms with Gasteiger partial charge in [-0.1, -0.05) is 51.8 Å². The van der Waals surface area contributed by atoms with Gasteiger partial charge in [-0.15, -0.1) is 0 Å². The number of amides is 4. The van der Waals surface area contributed by atoms with Crippen LogP contribution in [0.25, 0.3) is 6.08 Å². The average Bonchev–Trinajstić information content (AvgIpc) is 2.99. The van der Waals surface area contributed by atoms with E-state index in [1.165, 1.54) is 30.3 Å². The zero-order valence-electron chi connectivity index (χ0n) is 22.2. The highest BCUT2D eigenvalue weighted by Crippen LogP contribution is 2.30. The number of non-ortho nitro benzene ring substituents is 1. The van der Waals surface area contributed by atoms with Crippen LogP contribution >= 0.6 is 27.5 Å². The highest BCUT2D eigenvalue weighted by Gasteiger charge is 2.37. The quantitative estimate of drug-likeness (QED) is 0.0900. The second kappa shape index (κ2) is 12.9. The highest BCUT2D eigenvalue weighted by molar-refractivity contribution is 9.10. The monoisotopic (exact) mass is 661 g/mol. The number of carbonyl (C=O) groups excluding carboxylic acids is 3. The van der Waals surface area contributed by atoms with Gasteiger partial charge in [0.05, 0.1) is 10.6 Å². The van der Waals surface area contributed by atoms with Crippen LogP contribution in [-0.2, 0) is 22.8 Å². The summed E-state index contributed by atoms with van der Waals surface area (Å²) in [5, 5.41) is 13.9. The Hall–Kier alpha value is -5.00. The van der Waals surface area contributed by atoms with Crippen molar-refractivity contribution in [2.24, 2.45) is 0 Å². The molecule has 12 heteroatoms. The van der Waals surface area contributed by atoms with Crippen molar-refractivity contribution in [3.63, 3.8) is 0 Å². The number of nitrogens with one attached hydrogen (secondary N) is 1. The van der Waals surface area contributed by atoms with Crippen molar-refractivity contribution in [2.45, 2.75) is 13.2 Å². The van der Waals surface area contributed by atoms with Crippen molar-refractivity contribution in [1.29, 1.82) is 0 Å². The molecule has 4 aromatic carbocycles. The molecule has 0 bridgehead atoms. The standard InChI is InChI=1S/C31H21BrClN3O7/c32-22-6-13-28(43-18-20-2-1-3-25(14-20)36(40)41)21(15-22)16-27-29(37)34-31(39)35(30(27)38)24-9-11-26(12-10-24)42-17-19-4-7-23(33)8-5-19/h1-16H,17-18H2,(H,34,37,39)/b27-16+. The maximum Gasteiger partial charge on any atom is 0.335 e. The van der Waals surface area contributed by atoms with E-state index in [4.69, 9.17) is 21.1 Å². The van der Waals surface area contributed by atoms with Crippen LogP contribution < -0.4 is 19.7 Å². The van der Waals surface area contributed by atoms with Crippen LogP contribution in [0, 0.1) is 10.1 Å². The lowest BCUT2D eigenvalue weighted by Gasteiger charge is -2.26. The Labute approximate surface area is 258 Å². The lowest BCUT2D eigenvalue weighted by atomic mass is 10.1. The molecule has 0 unspecified atom stereocenters. The van der Waals surface area contributed by atoms with E-state index in [0.29, 0.717) is 38.7 Å². The smallest absolute Gasteiger partial charge is 0.335 e. The minimum atomic E-state index is -0.890. The Morgan fingerprint density at radius 1 is 0.884 bits per heavy atom. The van der Waals surface area contributed by atoms with Gasteiger partial charge in [0.2, 0.25) is 0 Å². The van der Waals surface area contributed by atoms with E-state index >= 15 is 0 Å². The van der Waals surface area contributed by atoms with Crippen LogP contribution in [0.15, 0.2) is 101 Å². The van der Waals surface area contributed by atoms with Gasteiger partial charge in [-0.25, -0.2) is 9.69 Å². The minimum Gasteiger partial charge on any atom is -0.489 e. The van der Waals surface area contributed by atoms with Crippen molar-refractivity contribution in [2.75, 3.05) is 4.90 Å². The Morgan fingerprint density at radius 3 is 2.33 bits per heavy atom. The molecular weight excluding hydrogens is 642 g/mol. The van der Waals surface area contributed by atoms with E-state index < -0.39 is 22.8 Å². The van der Waals surface area contributed by atoms with Gasteiger partial charge in [-0.3, -0.25) is 25.0 Å². The fourth-order valence-corrected chi connectivity index (χ4v) is 4.68. The van der Waals surface area contributed by atoms with Gasteiger partial charge in [-0.2, -0.15) is 0 Å². The van der Waals surface area contributed by atoms with Gasteiger partial charge in [0, 0.05) is 27.2 Å². The molecule has 10 nitrogen and oxygen atoms in total. The van der Waals surface area contributed by atoms with Crippen LogP contribution in [-0.4, -0.2) is 22.8 Å². The fourth-order valence-electron chi connectivity index (χ4n) is 4.17. The van der Waals surface area contributed by atoms with Crippen molar-refractivity contribution < 1.29 is 28.8 Å². The summed E-state index contributed by atoms with van der Waals surface area (Å²) in [4.78, 5) is 50.4. The predicted octanol–water partition coefficient (Wildman–Crippen LogP) is 6.84. The SMILES string of the molecule is O=C1NC(=O)N(c2ccc(OCc3ccc(Cl)cc3)cc2)C(=O)/C1=C/c1cc(Br)ccc1OCc1cccc([N+](=O)[O-])c1. The average molecular weight is 663 g/mol. The Morgan fingerprint density at radius 2 is 1.60 bits per heavy atom. The van der Waals surface area contributed by atoms with Gasteiger partial charge in [0.15, 0.2) is 0 Å². The molecule has 1 N–H and O–H groups in total. The van der Waals surface area contributed by atoms with Gasteiger partial charge in [-0.05, 0) is 71.8 Å². The van der Waals surface area contributed by atoms with E-state index in [1.54, 1.807) is 54.6 Å². The van der Waals surface area contributed by atoms with E-state index in [2.05, 4.69) is 21.2 Å². The topological polar surface area (TPSA) is 128 Å². The third-order valence-electron chi connectivity index (χ3n) is 6.30. The zero-order chi connectivity index (χ0) is 30.5. The number of benzene rings is 4. The summed E-state index contributed by atoms with van der Waals surface area (Å²) >= 11 is 9.30. The number of hydrogen-bond acceptors (Lipinski definition) is 7. The van der Waals surface area contributed by atoms with E-state index in [0.717, 1.165) is 10.5 Å². The predicted molar refractivity (Wildman–Crippen MR) is 163 cm³/mol. The lowest BCUT2D eigenvalue weighted by Crippen LogP contribution is -2.54. The summed E-state index contributed by atoms with van der Waals surface area (Å²) in [7, 11) is 0. The minimum absolute atomic E-state index is 0.00330. The maximum absolute atomic E-state index is 13.5. The number of halogens is 2. The molecule has 1 aliphatic heterocycles. The molecule has 4 aromatic rings. The Balaban J connectivity index is 1.35. The molecule has 0 aromatic heterocycles. The molecule has 1 aliphatic rings. The first-order valence-electron chi connectivity index (χ1n) is 12.7. The number of carbonyl (C=O) groups is 3. The Kier molecular flexibility index (Phi) is 8.84. The van der Waals surface area contributed by atoms with Gasteiger partial charge >= 0.3 is 6.03 Å². The molecular formula is C31H21BrClN3O7. The molecule has 0 saturated carbocycles. The van der Waals surface area contributed by atoms with E-state index in [1.807, 2.05) is 12.1 Å². The second-order valence-corrected chi connectivity index (χ2v) is 10.6. The molecule has 4 amide bonds. The first-order valence-corrected chi connectivity index (χ1v) is 13.9. The molecule has 5 rings (SSSR count). The van der Waals surface area contributed by atoms with Crippen molar-refractivity contribution in [3.8, 4) is 11.5 Å². The third kappa shape index (κ3) is 7.08. The molecule has 1 saturated heterocycles. The fraction of sp³-hybridized carbons (Fsp3) is 0.0645. The normalized spacial score (nSPS) is 14.0. The van der Waals surface area contributed by atoms with Gasteiger partial charge in [0.1, 0.15) is 30.3 Å². The number of hydrogen-bond donors (Lipinski definition) is 1. The summed E-state index contributed by atoms with van der Waals surface area (Å²) in [6.07, 6.45) is 1.33. The largest absolute Gasteiger partial charge is 0.489 e. The Bertz CT molecular complexity index is 1760. The van der Waals surface area contributed by atoms with Gasteiger partial charge in [0.25, 0.3) is 17.5 Å². The van der Waals surface area contributed by atoms with Crippen molar-refractivity contribution >= 4 is 62.8 Å². The molecule has 0 radical (unpaired) electrons. The number of nitro groups is 1. The summed E-state index contributed by atoms with van der Waals surface area (Å²) in [5.41, 5.74) is 1.71. The van der Waals surface area contributed by atoms with Gasteiger partial charge < -0.3 is 9.47 Å². The van der Waals surface area contributed by atoms with Crippen LogP contribution in [0.2, 0.25) is 5.02 Å². The van der Waals surface area contributed by atoms with Crippen molar-refractivity contribution in [3.05, 3.63) is 133 Å². The molecule has 0 aliphatic carbocycles. The number of barbiturate groups is 1. The number of nitrogens with zero attached hydrogens (tertiary/aromatic N) is 2. The number of anilines is 1. The number of nitro benzene ring substituents is 1. The van der Waals surface area contributed by atoms with Crippen molar-refractivity contribution in [1.82, 2.24) is 5.32 Å². The third-order valence-corrected chi connectivity index (χ3v) is 7.05. The summed E-state index contributed by atoms with van der Waals surface area (Å²) in [5.74, 6) is -0.865. The van der Waals surface area contributed by atoms with Crippen LogP contribution in [0.4, 0.5) is 16.2 Å². The summed E-state index contributed by atoms with van der Waals surface area (Å²) in [6.45, 7) is 0.288. The molecule has 1 heterocycles.